The lowest BCUT2D eigenvalue weighted by Crippen LogP contribution is -2.47. The van der Waals surface area contributed by atoms with Gasteiger partial charge in [-0.05, 0) is 50.4 Å². The Balaban J connectivity index is 1.42. The lowest BCUT2D eigenvalue weighted by atomic mass is 9.99. The first-order valence-corrected chi connectivity index (χ1v) is 13.8. The van der Waals surface area contributed by atoms with Crippen LogP contribution >= 0.6 is 0 Å². The topological polar surface area (TPSA) is 134 Å². The van der Waals surface area contributed by atoms with E-state index in [1.165, 1.54) is 14.9 Å². The number of carbonyl (C=O) groups is 1. The highest BCUT2D eigenvalue weighted by Gasteiger charge is 2.44. The highest BCUT2D eigenvalue weighted by atomic mass is 32.2. The minimum Gasteiger partial charge on any atom is -0.501 e. The third kappa shape index (κ3) is 4.65. The molecule has 2 N–H and O–H groups in total. The third-order valence-corrected chi connectivity index (χ3v) is 9.40. The van der Waals surface area contributed by atoms with E-state index in [1.807, 2.05) is 11.9 Å². The first-order chi connectivity index (χ1) is 17.6. The van der Waals surface area contributed by atoms with Crippen molar-refractivity contribution in [3.63, 3.8) is 0 Å². The van der Waals surface area contributed by atoms with Crippen LogP contribution in [0.5, 0.6) is 5.75 Å². The van der Waals surface area contributed by atoms with Gasteiger partial charge in [0.1, 0.15) is 17.2 Å². The van der Waals surface area contributed by atoms with Gasteiger partial charge >= 0.3 is 0 Å². The van der Waals surface area contributed by atoms with E-state index in [0.717, 1.165) is 25.0 Å². The minimum absolute atomic E-state index is 0.179. The number of nitrogens with one attached hydrogen (secondary N) is 1. The largest absolute Gasteiger partial charge is 0.501 e. The average Bonchev–Trinajstić information content (AvgIpc) is 3.34. The van der Waals surface area contributed by atoms with Crippen molar-refractivity contribution in [1.29, 1.82) is 0 Å². The molecule has 1 saturated carbocycles. The second kappa shape index (κ2) is 9.78. The number of nitrogens with zero attached hydrogens (tertiary/aromatic N) is 4. The molecule has 1 aromatic heterocycles. The predicted molar refractivity (Wildman–Crippen MR) is 130 cm³/mol. The summed E-state index contributed by atoms with van der Waals surface area (Å²) in [4.78, 5) is 32.1. The van der Waals surface area contributed by atoms with Crippen molar-refractivity contribution in [2.45, 2.75) is 49.3 Å². The maximum Gasteiger partial charge on any atom is 0.296 e. The summed E-state index contributed by atoms with van der Waals surface area (Å²) in [5.74, 6) is -2.01. The Kier molecular flexibility index (Phi) is 6.81. The molecule has 0 bridgehead atoms. The molecule has 1 aliphatic carbocycles. The zero-order chi connectivity index (χ0) is 26.4. The first kappa shape index (κ1) is 25.8. The molecule has 0 atom stereocenters. The van der Waals surface area contributed by atoms with Crippen molar-refractivity contribution in [1.82, 2.24) is 24.1 Å². The Hall–Kier alpha value is -2.87. The Labute approximate surface area is 213 Å². The van der Waals surface area contributed by atoms with Crippen molar-refractivity contribution in [3.8, 4) is 5.75 Å². The number of aromatic nitrogens is 2. The van der Waals surface area contributed by atoms with Gasteiger partial charge in [-0.3, -0.25) is 14.2 Å². The van der Waals surface area contributed by atoms with Crippen molar-refractivity contribution < 1.29 is 27.4 Å². The molecule has 200 valence electrons. The molecule has 1 amide bonds. The summed E-state index contributed by atoms with van der Waals surface area (Å²) >= 11 is 0. The normalized spacial score (nSPS) is 20.2. The van der Waals surface area contributed by atoms with Crippen LogP contribution < -0.4 is 10.9 Å². The maximum atomic E-state index is 14.1. The Morgan fingerprint density at radius 2 is 1.89 bits per heavy atom. The minimum atomic E-state index is -4.01. The summed E-state index contributed by atoms with van der Waals surface area (Å²) in [5, 5.41) is 13.1. The molecule has 2 fully saturated rings. The quantitative estimate of drug-likeness (QED) is 0.573. The number of amides is 1. The van der Waals surface area contributed by atoms with Gasteiger partial charge in [0.05, 0.1) is 18.0 Å². The van der Waals surface area contributed by atoms with Crippen LogP contribution in [0.1, 0.15) is 47.6 Å². The molecule has 37 heavy (non-hydrogen) atoms. The summed E-state index contributed by atoms with van der Waals surface area (Å²) in [6, 6.07) is 3.36. The van der Waals surface area contributed by atoms with E-state index >= 15 is 0 Å². The lowest BCUT2D eigenvalue weighted by Gasteiger charge is -2.35. The molecule has 11 nitrogen and oxygen atoms in total. The molecule has 1 spiro atoms. The Morgan fingerprint density at radius 3 is 2.59 bits per heavy atom. The predicted octanol–water partition coefficient (Wildman–Crippen LogP) is 0.754. The first-order valence-electron chi connectivity index (χ1n) is 12.4. The van der Waals surface area contributed by atoms with Gasteiger partial charge < -0.3 is 20.1 Å². The van der Waals surface area contributed by atoms with Crippen molar-refractivity contribution in [2.75, 3.05) is 39.8 Å². The number of piperazine rings is 1. The van der Waals surface area contributed by atoms with Gasteiger partial charge in [-0.15, -0.1) is 0 Å². The number of ether oxygens (including phenoxy) is 1. The molecule has 3 aliphatic rings. The number of aromatic hydroxyl groups is 1. The zero-order valence-corrected chi connectivity index (χ0v) is 21.4. The molecule has 2 aromatic rings. The van der Waals surface area contributed by atoms with E-state index in [9.17, 15) is 27.5 Å². The smallest absolute Gasteiger partial charge is 0.296 e. The van der Waals surface area contributed by atoms with Crippen LogP contribution in [0.25, 0.3) is 0 Å². The van der Waals surface area contributed by atoms with Gasteiger partial charge in [-0.2, -0.15) is 4.31 Å². The summed E-state index contributed by atoms with van der Waals surface area (Å²) in [6.07, 6.45) is 3.11. The van der Waals surface area contributed by atoms with Crippen LogP contribution in [0.2, 0.25) is 0 Å². The fourth-order valence-corrected chi connectivity index (χ4v) is 6.97. The fraction of sp³-hybridized carbons (Fsp3) is 0.542. The molecule has 0 radical (unpaired) electrons. The summed E-state index contributed by atoms with van der Waals surface area (Å²) in [5.41, 5.74) is -1.75. The van der Waals surface area contributed by atoms with Gasteiger partial charge in [-0.1, -0.05) is 6.07 Å². The van der Waals surface area contributed by atoms with Crippen molar-refractivity contribution >= 4 is 15.9 Å². The molecule has 1 aromatic carbocycles. The number of likely N-dealkylation sites (N-methyl/N-ethyl adjacent to an activating group) is 1. The SMILES string of the molecule is CN1CCN(S(=O)(=O)c2cc(F)ccc2CNC(=O)c2nc3n(c(=O)c2O)CCOC32CCCC2)CC1. The monoisotopic (exact) mass is 535 g/mol. The van der Waals surface area contributed by atoms with Crippen LogP contribution in [-0.4, -0.2) is 78.0 Å². The fourth-order valence-electron chi connectivity index (χ4n) is 5.31. The van der Waals surface area contributed by atoms with Gasteiger partial charge in [0, 0.05) is 32.7 Å². The van der Waals surface area contributed by atoms with Crippen LogP contribution in [0.3, 0.4) is 0 Å². The van der Waals surface area contributed by atoms with Crippen LogP contribution in [0.15, 0.2) is 27.9 Å². The molecule has 0 unspecified atom stereocenters. The number of hydrogen-bond donors (Lipinski definition) is 2. The van der Waals surface area contributed by atoms with E-state index in [2.05, 4.69) is 10.3 Å². The van der Waals surface area contributed by atoms with E-state index in [-0.39, 0.29) is 36.6 Å². The second-order valence-electron chi connectivity index (χ2n) is 9.78. The molecule has 5 rings (SSSR count). The Morgan fingerprint density at radius 1 is 1.19 bits per heavy atom. The van der Waals surface area contributed by atoms with Gasteiger partial charge in [0.15, 0.2) is 5.69 Å². The second-order valence-corrected chi connectivity index (χ2v) is 11.7. The summed E-state index contributed by atoms with van der Waals surface area (Å²) < 4.78 is 49.4. The average molecular weight is 536 g/mol. The van der Waals surface area contributed by atoms with E-state index in [0.29, 0.717) is 38.4 Å². The number of benzene rings is 1. The van der Waals surface area contributed by atoms with Crippen LogP contribution in [0.4, 0.5) is 4.39 Å². The standard InChI is InChI=1S/C24H30FN5O6S/c1-28-8-10-29(11-9-28)37(34,35)18-14-17(25)5-4-16(18)15-26-21(32)19-20(31)22(33)30-12-13-36-24(23(30)27-19)6-2-3-7-24/h4-5,14,31H,2-3,6-13,15H2,1H3,(H,26,32). The third-order valence-electron chi connectivity index (χ3n) is 7.42. The maximum absolute atomic E-state index is 14.1. The van der Waals surface area contributed by atoms with Gasteiger partial charge in [-0.25, -0.2) is 17.8 Å². The number of sulfonamides is 1. The molecular weight excluding hydrogens is 505 g/mol. The molecule has 1 saturated heterocycles. The number of hydrogen-bond acceptors (Lipinski definition) is 8. The summed E-state index contributed by atoms with van der Waals surface area (Å²) in [7, 11) is -2.12. The number of carbonyl (C=O) groups excluding carboxylic acids is 1. The van der Waals surface area contributed by atoms with Gasteiger partial charge in [0.25, 0.3) is 11.5 Å². The molecule has 2 aliphatic heterocycles. The molecular formula is C24H30FN5O6S. The van der Waals surface area contributed by atoms with E-state index in [4.69, 9.17) is 4.74 Å². The lowest BCUT2D eigenvalue weighted by molar-refractivity contribution is -0.0789. The Bertz CT molecular complexity index is 1380. The summed E-state index contributed by atoms with van der Waals surface area (Å²) in [6.45, 7) is 1.89. The highest BCUT2D eigenvalue weighted by molar-refractivity contribution is 7.89. The number of halogens is 1. The zero-order valence-electron chi connectivity index (χ0n) is 20.6. The van der Waals surface area contributed by atoms with Crippen molar-refractivity contribution in [3.05, 3.63) is 51.5 Å². The number of rotatable bonds is 5. The highest BCUT2D eigenvalue weighted by Crippen LogP contribution is 2.43. The van der Waals surface area contributed by atoms with E-state index < -0.39 is 44.4 Å². The van der Waals surface area contributed by atoms with Crippen LogP contribution in [-0.2, 0) is 33.5 Å². The van der Waals surface area contributed by atoms with Crippen LogP contribution in [0, 0.1) is 5.82 Å². The van der Waals surface area contributed by atoms with Gasteiger partial charge in [0.2, 0.25) is 15.8 Å². The number of fused-ring (bicyclic) bond motifs is 2. The molecule has 13 heteroatoms. The molecule has 3 heterocycles. The van der Waals surface area contributed by atoms with E-state index in [1.54, 1.807) is 0 Å². The van der Waals surface area contributed by atoms with Crippen molar-refractivity contribution in [2.24, 2.45) is 0 Å².